The Morgan fingerprint density at radius 1 is 1.47 bits per heavy atom. The molecule has 4 heteroatoms. The molecular formula is C13H16N2O2. The second-order valence-corrected chi connectivity index (χ2v) is 4.60. The van der Waals surface area contributed by atoms with Crippen LogP contribution in [-0.2, 0) is 11.3 Å². The molecular weight excluding hydrogens is 216 g/mol. The summed E-state index contributed by atoms with van der Waals surface area (Å²) in [5, 5.41) is 2.87. The molecule has 4 nitrogen and oxygen atoms in total. The lowest BCUT2D eigenvalue weighted by Crippen LogP contribution is -2.25. The highest BCUT2D eigenvalue weighted by molar-refractivity contribution is 5.92. The Hall–Kier alpha value is -1.84. The third kappa shape index (κ3) is 2.84. The molecule has 0 aliphatic heterocycles. The molecule has 2 amide bonds. The summed E-state index contributed by atoms with van der Waals surface area (Å²) in [5.74, 6) is 0.331. The number of rotatable bonds is 4. The lowest BCUT2D eigenvalue weighted by molar-refractivity contribution is -0.122. The first-order chi connectivity index (χ1) is 8.08. The molecule has 0 bridgehead atoms. The smallest absolute Gasteiger partial charge is 0.248 e. The molecule has 17 heavy (non-hydrogen) atoms. The van der Waals surface area contributed by atoms with Crippen molar-refractivity contribution in [1.82, 2.24) is 5.32 Å². The number of benzene rings is 1. The Bertz CT molecular complexity index is 456. The standard InChI is InChI=1S/C13H16N2O2/c1-8-5-11(8)13(17)15-7-9-3-2-4-10(6-9)12(14)16/h2-4,6,8,11H,5,7H2,1H3,(H2,14,16)(H,15,17). The van der Waals surface area contributed by atoms with Gasteiger partial charge in [-0.3, -0.25) is 9.59 Å². The van der Waals surface area contributed by atoms with Crippen LogP contribution in [0.5, 0.6) is 0 Å². The van der Waals surface area contributed by atoms with Gasteiger partial charge in [-0.05, 0) is 30.0 Å². The van der Waals surface area contributed by atoms with Crippen LogP contribution < -0.4 is 11.1 Å². The van der Waals surface area contributed by atoms with E-state index in [1.54, 1.807) is 18.2 Å². The third-order valence-corrected chi connectivity index (χ3v) is 3.12. The minimum atomic E-state index is -0.450. The van der Waals surface area contributed by atoms with Gasteiger partial charge in [-0.25, -0.2) is 0 Å². The first-order valence-corrected chi connectivity index (χ1v) is 5.74. The Labute approximate surface area is 100 Å². The van der Waals surface area contributed by atoms with E-state index in [4.69, 9.17) is 5.73 Å². The van der Waals surface area contributed by atoms with Crippen molar-refractivity contribution in [3.63, 3.8) is 0 Å². The SMILES string of the molecule is CC1CC1C(=O)NCc1cccc(C(N)=O)c1. The van der Waals surface area contributed by atoms with Crippen molar-refractivity contribution < 1.29 is 9.59 Å². The van der Waals surface area contributed by atoms with Gasteiger partial charge in [0.15, 0.2) is 0 Å². The molecule has 1 aliphatic rings. The zero-order valence-electron chi connectivity index (χ0n) is 9.77. The van der Waals surface area contributed by atoms with Gasteiger partial charge >= 0.3 is 0 Å². The summed E-state index contributed by atoms with van der Waals surface area (Å²) in [6, 6.07) is 7.00. The molecule has 90 valence electrons. The van der Waals surface area contributed by atoms with Crippen LogP contribution in [0, 0.1) is 11.8 Å². The van der Waals surface area contributed by atoms with E-state index in [1.807, 2.05) is 6.07 Å². The number of hydrogen-bond donors (Lipinski definition) is 2. The highest BCUT2D eigenvalue weighted by Gasteiger charge is 2.38. The molecule has 1 aromatic rings. The third-order valence-electron chi connectivity index (χ3n) is 3.12. The normalized spacial score (nSPS) is 21.9. The second-order valence-electron chi connectivity index (χ2n) is 4.60. The van der Waals surface area contributed by atoms with Gasteiger partial charge in [0.2, 0.25) is 11.8 Å². The molecule has 2 unspecified atom stereocenters. The van der Waals surface area contributed by atoms with Gasteiger partial charge < -0.3 is 11.1 Å². The van der Waals surface area contributed by atoms with E-state index >= 15 is 0 Å². The topological polar surface area (TPSA) is 72.2 Å². The monoisotopic (exact) mass is 232 g/mol. The van der Waals surface area contributed by atoms with E-state index in [9.17, 15) is 9.59 Å². The second kappa shape index (κ2) is 4.57. The Morgan fingerprint density at radius 2 is 2.18 bits per heavy atom. The summed E-state index contributed by atoms with van der Waals surface area (Å²) in [7, 11) is 0. The largest absolute Gasteiger partial charge is 0.366 e. The zero-order chi connectivity index (χ0) is 12.4. The van der Waals surface area contributed by atoms with Gasteiger partial charge in [-0.1, -0.05) is 19.1 Å². The number of hydrogen-bond acceptors (Lipinski definition) is 2. The molecule has 1 fully saturated rings. The highest BCUT2D eigenvalue weighted by Crippen LogP contribution is 2.37. The summed E-state index contributed by atoms with van der Waals surface area (Å²) in [5.41, 5.74) is 6.55. The lowest BCUT2D eigenvalue weighted by atomic mass is 10.1. The Balaban J connectivity index is 1.92. The van der Waals surface area contributed by atoms with Gasteiger partial charge in [0.1, 0.15) is 0 Å². The van der Waals surface area contributed by atoms with Crippen LogP contribution in [0.1, 0.15) is 29.3 Å². The quantitative estimate of drug-likeness (QED) is 0.814. The number of amides is 2. The molecule has 0 saturated heterocycles. The average molecular weight is 232 g/mol. The summed E-state index contributed by atoms with van der Waals surface area (Å²) in [6.45, 7) is 2.52. The zero-order valence-corrected chi connectivity index (χ0v) is 9.77. The van der Waals surface area contributed by atoms with E-state index in [0.29, 0.717) is 18.0 Å². The molecule has 0 aromatic heterocycles. The maximum atomic E-state index is 11.6. The molecule has 0 radical (unpaired) electrons. The molecule has 1 saturated carbocycles. The maximum Gasteiger partial charge on any atom is 0.248 e. The minimum Gasteiger partial charge on any atom is -0.366 e. The minimum absolute atomic E-state index is 0.0991. The number of carbonyl (C=O) groups is 2. The van der Waals surface area contributed by atoms with Crippen LogP contribution in [0.3, 0.4) is 0 Å². The first kappa shape index (κ1) is 11.6. The lowest BCUT2D eigenvalue weighted by Gasteiger charge is -2.05. The fraction of sp³-hybridized carbons (Fsp3) is 0.385. The summed E-state index contributed by atoms with van der Waals surface area (Å²) >= 11 is 0. The molecule has 1 aromatic carbocycles. The summed E-state index contributed by atoms with van der Waals surface area (Å²) in [6.07, 6.45) is 0.979. The molecule has 3 N–H and O–H groups in total. The van der Waals surface area contributed by atoms with Crippen molar-refractivity contribution >= 4 is 11.8 Å². The Kier molecular flexibility index (Phi) is 3.13. The molecule has 0 heterocycles. The summed E-state index contributed by atoms with van der Waals surface area (Å²) < 4.78 is 0. The molecule has 0 spiro atoms. The Morgan fingerprint density at radius 3 is 2.76 bits per heavy atom. The highest BCUT2D eigenvalue weighted by atomic mass is 16.2. The van der Waals surface area contributed by atoms with Crippen LogP contribution >= 0.6 is 0 Å². The van der Waals surface area contributed by atoms with Crippen molar-refractivity contribution in [2.75, 3.05) is 0 Å². The number of carbonyl (C=O) groups excluding carboxylic acids is 2. The average Bonchev–Trinajstić information content (AvgIpc) is 3.04. The first-order valence-electron chi connectivity index (χ1n) is 5.74. The summed E-state index contributed by atoms with van der Waals surface area (Å²) in [4.78, 5) is 22.6. The molecule has 2 rings (SSSR count). The van der Waals surface area contributed by atoms with Gasteiger partial charge in [0, 0.05) is 18.0 Å². The van der Waals surface area contributed by atoms with Crippen molar-refractivity contribution in [2.45, 2.75) is 19.9 Å². The van der Waals surface area contributed by atoms with E-state index in [2.05, 4.69) is 12.2 Å². The van der Waals surface area contributed by atoms with Crippen LogP contribution in [0.25, 0.3) is 0 Å². The van der Waals surface area contributed by atoms with Crippen molar-refractivity contribution in [3.8, 4) is 0 Å². The predicted octanol–water partition coefficient (Wildman–Crippen LogP) is 1.06. The van der Waals surface area contributed by atoms with Crippen molar-refractivity contribution in [1.29, 1.82) is 0 Å². The van der Waals surface area contributed by atoms with E-state index in [0.717, 1.165) is 12.0 Å². The molecule has 2 atom stereocenters. The fourth-order valence-electron chi connectivity index (χ4n) is 1.84. The number of primary amides is 1. The van der Waals surface area contributed by atoms with Crippen LogP contribution in [-0.4, -0.2) is 11.8 Å². The van der Waals surface area contributed by atoms with Gasteiger partial charge in [-0.15, -0.1) is 0 Å². The van der Waals surface area contributed by atoms with Crippen molar-refractivity contribution in [2.24, 2.45) is 17.6 Å². The predicted molar refractivity (Wildman–Crippen MR) is 64.1 cm³/mol. The van der Waals surface area contributed by atoms with E-state index < -0.39 is 5.91 Å². The van der Waals surface area contributed by atoms with Crippen LogP contribution in [0.4, 0.5) is 0 Å². The fourth-order valence-corrected chi connectivity index (χ4v) is 1.84. The van der Waals surface area contributed by atoms with Crippen LogP contribution in [0.2, 0.25) is 0 Å². The van der Waals surface area contributed by atoms with Gasteiger partial charge in [0.25, 0.3) is 0 Å². The van der Waals surface area contributed by atoms with Gasteiger partial charge in [0.05, 0.1) is 0 Å². The van der Waals surface area contributed by atoms with Crippen molar-refractivity contribution in [3.05, 3.63) is 35.4 Å². The number of nitrogens with one attached hydrogen (secondary N) is 1. The van der Waals surface area contributed by atoms with Crippen LogP contribution in [0.15, 0.2) is 24.3 Å². The van der Waals surface area contributed by atoms with E-state index in [-0.39, 0.29) is 11.8 Å². The van der Waals surface area contributed by atoms with E-state index in [1.165, 1.54) is 0 Å². The molecule has 1 aliphatic carbocycles. The maximum absolute atomic E-state index is 11.6. The number of nitrogens with two attached hydrogens (primary N) is 1. The van der Waals surface area contributed by atoms with Gasteiger partial charge in [-0.2, -0.15) is 0 Å².